The van der Waals surface area contributed by atoms with E-state index in [1.807, 2.05) is 6.07 Å². The molecule has 1 aliphatic heterocycles. The van der Waals surface area contributed by atoms with E-state index >= 15 is 0 Å². The van der Waals surface area contributed by atoms with Crippen molar-refractivity contribution in [1.82, 2.24) is 15.5 Å². The minimum absolute atomic E-state index is 0.121. The number of carbonyl (C=O) groups excluding carboxylic acids is 3. The first-order valence-electron chi connectivity index (χ1n) is 6.58. The lowest BCUT2D eigenvalue weighted by Crippen LogP contribution is -2.40. The number of amides is 3. The number of hydrogen-bond acceptors (Lipinski definition) is 4. The molecule has 0 aromatic heterocycles. The lowest BCUT2D eigenvalue weighted by atomic mass is 10.2. The second-order valence-corrected chi connectivity index (χ2v) is 4.74. The second-order valence-electron chi connectivity index (χ2n) is 4.74. The van der Waals surface area contributed by atoms with Crippen molar-refractivity contribution in [2.24, 2.45) is 0 Å². The van der Waals surface area contributed by atoms with Crippen LogP contribution in [-0.2, 0) is 9.53 Å². The summed E-state index contributed by atoms with van der Waals surface area (Å²) in [6, 6.07) is 8.64. The molecule has 0 bridgehead atoms. The molecule has 3 amide bonds. The lowest BCUT2D eigenvalue weighted by Gasteiger charge is -2.10. The van der Waals surface area contributed by atoms with Crippen molar-refractivity contribution < 1.29 is 19.1 Å². The van der Waals surface area contributed by atoms with Gasteiger partial charge in [0.1, 0.15) is 6.10 Å². The summed E-state index contributed by atoms with van der Waals surface area (Å²) in [6.45, 7) is 0.551. The smallest absolute Gasteiger partial charge is 0.410 e. The highest BCUT2D eigenvalue weighted by Crippen LogP contribution is 2.07. The van der Waals surface area contributed by atoms with E-state index in [-0.39, 0.29) is 31.0 Å². The third-order valence-corrected chi connectivity index (χ3v) is 3.03. The predicted octanol–water partition coefficient (Wildman–Crippen LogP) is -0.0168. The first-order chi connectivity index (χ1) is 10.1. The second kappa shape index (κ2) is 6.74. The Labute approximate surface area is 122 Å². The average Bonchev–Trinajstić information content (AvgIpc) is 2.82. The van der Waals surface area contributed by atoms with Crippen LogP contribution in [0.25, 0.3) is 0 Å². The topological polar surface area (TPSA) is 87.7 Å². The summed E-state index contributed by atoms with van der Waals surface area (Å²) in [5, 5.41) is 5.14. The van der Waals surface area contributed by atoms with Gasteiger partial charge in [0.05, 0.1) is 19.6 Å². The number of benzene rings is 1. The number of ether oxygens (including phenoxy) is 1. The van der Waals surface area contributed by atoms with Gasteiger partial charge in [-0.3, -0.25) is 9.59 Å². The SMILES string of the molecule is CN1CC(CNC(=O)CNC(=O)c2ccccc2)OC1=O. The molecule has 1 aromatic carbocycles. The minimum Gasteiger partial charge on any atom is -0.442 e. The van der Waals surface area contributed by atoms with Crippen molar-refractivity contribution in [3.8, 4) is 0 Å². The summed E-state index contributed by atoms with van der Waals surface area (Å²) in [5.41, 5.74) is 0.497. The van der Waals surface area contributed by atoms with Crippen LogP contribution < -0.4 is 10.6 Å². The molecule has 7 heteroatoms. The molecule has 7 nitrogen and oxygen atoms in total. The first-order valence-corrected chi connectivity index (χ1v) is 6.58. The molecule has 2 rings (SSSR count). The van der Waals surface area contributed by atoms with Gasteiger partial charge in [-0.15, -0.1) is 0 Å². The number of nitrogens with one attached hydrogen (secondary N) is 2. The number of nitrogens with zero attached hydrogens (tertiary/aromatic N) is 1. The molecule has 2 N–H and O–H groups in total. The van der Waals surface area contributed by atoms with E-state index < -0.39 is 6.09 Å². The highest BCUT2D eigenvalue weighted by Gasteiger charge is 2.28. The highest BCUT2D eigenvalue weighted by atomic mass is 16.6. The van der Waals surface area contributed by atoms with Gasteiger partial charge in [-0.25, -0.2) is 4.79 Å². The molecular weight excluding hydrogens is 274 g/mol. The average molecular weight is 291 g/mol. The van der Waals surface area contributed by atoms with Crippen LogP contribution in [0.2, 0.25) is 0 Å². The third-order valence-electron chi connectivity index (χ3n) is 3.03. The maximum atomic E-state index is 11.7. The standard InChI is InChI=1S/C14H17N3O4/c1-17-9-11(21-14(17)20)7-15-12(18)8-16-13(19)10-5-3-2-4-6-10/h2-6,11H,7-9H2,1H3,(H,15,18)(H,16,19). The molecule has 1 unspecified atom stereocenters. The summed E-state index contributed by atoms with van der Waals surface area (Å²) in [5.74, 6) is -0.636. The van der Waals surface area contributed by atoms with Gasteiger partial charge < -0.3 is 20.3 Å². The van der Waals surface area contributed by atoms with Crippen molar-refractivity contribution in [1.29, 1.82) is 0 Å². The Morgan fingerprint density at radius 1 is 1.29 bits per heavy atom. The van der Waals surface area contributed by atoms with Crippen LogP contribution in [-0.4, -0.2) is 55.6 Å². The number of cyclic esters (lactones) is 1. The van der Waals surface area contributed by atoms with E-state index in [1.165, 1.54) is 4.90 Å². The maximum Gasteiger partial charge on any atom is 0.410 e. The molecule has 0 saturated carbocycles. The van der Waals surface area contributed by atoms with Gasteiger partial charge >= 0.3 is 6.09 Å². The van der Waals surface area contributed by atoms with Crippen LogP contribution >= 0.6 is 0 Å². The predicted molar refractivity (Wildman–Crippen MR) is 74.7 cm³/mol. The van der Waals surface area contributed by atoms with E-state index in [0.29, 0.717) is 12.1 Å². The largest absolute Gasteiger partial charge is 0.442 e. The van der Waals surface area contributed by atoms with Crippen molar-refractivity contribution in [3.63, 3.8) is 0 Å². The van der Waals surface area contributed by atoms with E-state index in [2.05, 4.69) is 10.6 Å². The Morgan fingerprint density at radius 3 is 2.62 bits per heavy atom. The van der Waals surface area contributed by atoms with Gasteiger partial charge in [-0.1, -0.05) is 18.2 Å². The van der Waals surface area contributed by atoms with Gasteiger partial charge in [0.25, 0.3) is 5.91 Å². The molecular formula is C14H17N3O4. The number of likely N-dealkylation sites (N-methyl/N-ethyl adjacent to an activating group) is 1. The van der Waals surface area contributed by atoms with Gasteiger partial charge in [0.2, 0.25) is 5.91 Å². The molecule has 21 heavy (non-hydrogen) atoms. The van der Waals surface area contributed by atoms with Crippen LogP contribution in [0.1, 0.15) is 10.4 Å². The molecule has 0 radical (unpaired) electrons. The highest BCUT2D eigenvalue weighted by molar-refractivity contribution is 5.96. The molecule has 1 aliphatic rings. The fourth-order valence-corrected chi connectivity index (χ4v) is 1.90. The summed E-state index contributed by atoms with van der Waals surface area (Å²) in [7, 11) is 1.63. The Balaban J connectivity index is 1.68. The molecule has 1 atom stereocenters. The van der Waals surface area contributed by atoms with E-state index in [0.717, 1.165) is 0 Å². The van der Waals surface area contributed by atoms with Crippen molar-refractivity contribution >= 4 is 17.9 Å². The normalized spacial score (nSPS) is 17.3. The van der Waals surface area contributed by atoms with Crippen molar-refractivity contribution in [3.05, 3.63) is 35.9 Å². The maximum absolute atomic E-state index is 11.7. The third kappa shape index (κ3) is 4.20. The fourth-order valence-electron chi connectivity index (χ4n) is 1.90. The van der Waals surface area contributed by atoms with E-state index in [1.54, 1.807) is 31.3 Å². The molecule has 1 saturated heterocycles. The van der Waals surface area contributed by atoms with Gasteiger partial charge in [-0.2, -0.15) is 0 Å². The summed E-state index contributed by atoms with van der Waals surface area (Å²) >= 11 is 0. The molecule has 0 spiro atoms. The summed E-state index contributed by atoms with van der Waals surface area (Å²) < 4.78 is 5.00. The first kappa shape index (κ1) is 14.8. The van der Waals surface area contributed by atoms with E-state index in [4.69, 9.17) is 4.74 Å². The zero-order chi connectivity index (χ0) is 15.2. The Hall–Kier alpha value is -2.57. The van der Waals surface area contributed by atoms with Crippen LogP contribution in [0.5, 0.6) is 0 Å². The van der Waals surface area contributed by atoms with Crippen molar-refractivity contribution in [2.75, 3.05) is 26.7 Å². The zero-order valence-electron chi connectivity index (χ0n) is 11.7. The monoisotopic (exact) mass is 291 g/mol. The molecule has 1 heterocycles. The van der Waals surface area contributed by atoms with Crippen LogP contribution in [0, 0.1) is 0 Å². The molecule has 0 aliphatic carbocycles. The van der Waals surface area contributed by atoms with Crippen LogP contribution in [0.4, 0.5) is 4.79 Å². The lowest BCUT2D eigenvalue weighted by molar-refractivity contribution is -0.120. The van der Waals surface area contributed by atoms with Crippen molar-refractivity contribution in [2.45, 2.75) is 6.10 Å². The van der Waals surface area contributed by atoms with Crippen LogP contribution in [0.15, 0.2) is 30.3 Å². The molecule has 112 valence electrons. The molecule has 1 fully saturated rings. The number of hydrogen-bond donors (Lipinski definition) is 2. The Morgan fingerprint density at radius 2 is 2.00 bits per heavy atom. The Kier molecular flexibility index (Phi) is 4.76. The fraction of sp³-hybridized carbons (Fsp3) is 0.357. The molecule has 1 aromatic rings. The van der Waals surface area contributed by atoms with Gasteiger partial charge in [0.15, 0.2) is 0 Å². The quantitative estimate of drug-likeness (QED) is 0.798. The number of carbonyl (C=O) groups is 3. The van der Waals surface area contributed by atoms with Gasteiger partial charge in [0, 0.05) is 12.6 Å². The Bertz CT molecular complexity index is 532. The van der Waals surface area contributed by atoms with Crippen LogP contribution in [0.3, 0.4) is 0 Å². The zero-order valence-corrected chi connectivity index (χ0v) is 11.7. The van der Waals surface area contributed by atoms with E-state index in [9.17, 15) is 14.4 Å². The summed E-state index contributed by atoms with van der Waals surface area (Å²) in [4.78, 5) is 35.9. The van der Waals surface area contributed by atoms with Gasteiger partial charge in [-0.05, 0) is 12.1 Å². The number of rotatable bonds is 5. The summed E-state index contributed by atoms with van der Waals surface area (Å²) in [6.07, 6.45) is -0.747. The minimum atomic E-state index is -0.397.